The van der Waals surface area contributed by atoms with Gasteiger partial charge in [-0.25, -0.2) is 0 Å². The van der Waals surface area contributed by atoms with Crippen LogP contribution in [0.5, 0.6) is 0 Å². The molecule has 6 nitrogen and oxygen atoms in total. The van der Waals surface area contributed by atoms with Crippen molar-refractivity contribution in [3.63, 3.8) is 0 Å². The van der Waals surface area contributed by atoms with Crippen LogP contribution in [-0.4, -0.2) is 30.5 Å². The Kier molecular flexibility index (Phi) is 5.58. The molecule has 2 aromatic carbocycles. The van der Waals surface area contributed by atoms with Gasteiger partial charge in [0, 0.05) is 34.9 Å². The molecule has 0 bridgehead atoms. The summed E-state index contributed by atoms with van der Waals surface area (Å²) in [7, 11) is 0. The molecule has 26 heavy (non-hydrogen) atoms. The average Bonchev–Trinajstić information content (AvgIpc) is 3.08. The van der Waals surface area contributed by atoms with Crippen molar-refractivity contribution in [3.8, 4) is 0 Å². The second-order valence-corrected chi connectivity index (χ2v) is 6.72. The number of nitrogens with zero attached hydrogens (tertiary/aromatic N) is 1. The number of benzene rings is 2. The molecule has 3 amide bonds. The zero-order chi connectivity index (χ0) is 18.5. The quantitative estimate of drug-likeness (QED) is 0.641. The van der Waals surface area contributed by atoms with Crippen molar-refractivity contribution in [3.05, 3.63) is 48.5 Å². The first kappa shape index (κ1) is 18.0. The molecule has 0 aliphatic carbocycles. The molecule has 3 rings (SSSR count). The van der Waals surface area contributed by atoms with Gasteiger partial charge in [0.2, 0.25) is 5.91 Å². The summed E-state index contributed by atoms with van der Waals surface area (Å²) in [6.07, 6.45) is 3.36. The second-order valence-electron chi connectivity index (χ2n) is 5.84. The SMILES string of the molecule is CSc1cccc(NC(=O)C(=O)Nc2ccc(N3CCCC3=O)cc2)c1. The fourth-order valence-electron chi connectivity index (χ4n) is 2.72. The van der Waals surface area contributed by atoms with Crippen molar-refractivity contribution in [2.24, 2.45) is 0 Å². The minimum atomic E-state index is -0.746. The predicted octanol–water partition coefficient (Wildman–Crippen LogP) is 3.11. The molecule has 0 saturated carbocycles. The van der Waals surface area contributed by atoms with Gasteiger partial charge in [-0.05, 0) is 55.1 Å². The van der Waals surface area contributed by atoms with E-state index in [-0.39, 0.29) is 5.91 Å². The van der Waals surface area contributed by atoms with E-state index >= 15 is 0 Å². The van der Waals surface area contributed by atoms with Crippen LogP contribution in [0.25, 0.3) is 0 Å². The first-order valence-electron chi connectivity index (χ1n) is 8.23. The van der Waals surface area contributed by atoms with E-state index in [1.165, 1.54) is 0 Å². The number of carbonyl (C=O) groups excluding carboxylic acids is 3. The van der Waals surface area contributed by atoms with Crippen molar-refractivity contribution in [1.82, 2.24) is 0 Å². The van der Waals surface area contributed by atoms with Crippen LogP contribution in [-0.2, 0) is 14.4 Å². The third-order valence-electron chi connectivity index (χ3n) is 4.04. The maximum absolute atomic E-state index is 12.1. The maximum atomic E-state index is 12.1. The Bertz CT molecular complexity index is 836. The van der Waals surface area contributed by atoms with E-state index < -0.39 is 11.8 Å². The van der Waals surface area contributed by atoms with Gasteiger partial charge in [-0.2, -0.15) is 0 Å². The summed E-state index contributed by atoms with van der Waals surface area (Å²) < 4.78 is 0. The van der Waals surface area contributed by atoms with Crippen molar-refractivity contribution >= 4 is 46.5 Å². The lowest BCUT2D eigenvalue weighted by Gasteiger charge is -2.16. The Morgan fingerprint density at radius 2 is 1.69 bits per heavy atom. The molecule has 0 aromatic heterocycles. The first-order valence-corrected chi connectivity index (χ1v) is 9.46. The van der Waals surface area contributed by atoms with E-state index in [2.05, 4.69) is 10.6 Å². The summed E-state index contributed by atoms with van der Waals surface area (Å²) in [5.41, 5.74) is 1.86. The lowest BCUT2D eigenvalue weighted by molar-refractivity contribution is -0.132. The van der Waals surface area contributed by atoms with Crippen LogP contribution in [0.4, 0.5) is 17.1 Å². The molecule has 1 aliphatic heterocycles. The van der Waals surface area contributed by atoms with Crippen molar-refractivity contribution < 1.29 is 14.4 Å². The largest absolute Gasteiger partial charge is 0.318 e. The Balaban J connectivity index is 1.60. The van der Waals surface area contributed by atoms with E-state index in [1.807, 2.05) is 18.4 Å². The molecule has 0 spiro atoms. The van der Waals surface area contributed by atoms with Gasteiger partial charge in [0.15, 0.2) is 0 Å². The third-order valence-corrected chi connectivity index (χ3v) is 4.77. The molecule has 1 heterocycles. The Morgan fingerprint density at radius 1 is 1.00 bits per heavy atom. The lowest BCUT2D eigenvalue weighted by atomic mass is 10.2. The summed E-state index contributed by atoms with van der Waals surface area (Å²) in [6.45, 7) is 0.710. The summed E-state index contributed by atoms with van der Waals surface area (Å²) in [6, 6.07) is 14.2. The minimum absolute atomic E-state index is 0.105. The topological polar surface area (TPSA) is 78.5 Å². The van der Waals surface area contributed by atoms with Crippen molar-refractivity contribution in [2.75, 3.05) is 28.3 Å². The standard InChI is InChI=1S/C19H19N3O3S/c1-26-16-5-2-4-14(12-16)21-19(25)18(24)20-13-7-9-15(10-8-13)22-11-3-6-17(22)23/h2,4-5,7-10,12H,3,6,11H2,1H3,(H,20,24)(H,21,25). The highest BCUT2D eigenvalue weighted by Crippen LogP contribution is 2.23. The third kappa shape index (κ3) is 4.23. The summed E-state index contributed by atoms with van der Waals surface area (Å²) >= 11 is 1.55. The Labute approximate surface area is 156 Å². The molecule has 2 N–H and O–H groups in total. The summed E-state index contributed by atoms with van der Waals surface area (Å²) in [4.78, 5) is 38.6. The Hall–Kier alpha value is -2.80. The fraction of sp³-hybridized carbons (Fsp3) is 0.211. The smallest absolute Gasteiger partial charge is 0.314 e. The molecule has 1 saturated heterocycles. The molecular weight excluding hydrogens is 350 g/mol. The van der Waals surface area contributed by atoms with Crippen molar-refractivity contribution in [2.45, 2.75) is 17.7 Å². The highest BCUT2D eigenvalue weighted by Gasteiger charge is 2.21. The molecule has 1 fully saturated rings. The number of nitrogens with one attached hydrogen (secondary N) is 2. The van der Waals surface area contributed by atoms with Gasteiger partial charge in [-0.1, -0.05) is 6.07 Å². The number of carbonyl (C=O) groups is 3. The number of thioether (sulfide) groups is 1. The van der Waals surface area contributed by atoms with Gasteiger partial charge >= 0.3 is 11.8 Å². The molecule has 0 atom stereocenters. The van der Waals surface area contributed by atoms with Gasteiger partial charge in [0.05, 0.1) is 0 Å². The highest BCUT2D eigenvalue weighted by molar-refractivity contribution is 7.98. The number of amides is 3. The number of anilines is 3. The van der Waals surface area contributed by atoms with Crippen LogP contribution < -0.4 is 15.5 Å². The van der Waals surface area contributed by atoms with Crippen molar-refractivity contribution in [1.29, 1.82) is 0 Å². The number of rotatable bonds is 4. The first-order chi connectivity index (χ1) is 12.6. The van der Waals surface area contributed by atoms with Crippen LogP contribution in [0.15, 0.2) is 53.4 Å². The molecular formula is C19H19N3O3S. The van der Waals surface area contributed by atoms with Crippen LogP contribution in [0.1, 0.15) is 12.8 Å². The number of hydrogen-bond donors (Lipinski definition) is 2. The number of hydrogen-bond acceptors (Lipinski definition) is 4. The van der Waals surface area contributed by atoms with Gasteiger partial charge in [0.25, 0.3) is 0 Å². The van der Waals surface area contributed by atoms with Gasteiger partial charge in [0.1, 0.15) is 0 Å². The van der Waals surface area contributed by atoms with E-state index in [9.17, 15) is 14.4 Å². The van der Waals surface area contributed by atoms with Gasteiger partial charge in [-0.15, -0.1) is 11.8 Å². The van der Waals surface area contributed by atoms with Crippen LogP contribution in [0.3, 0.4) is 0 Å². The van der Waals surface area contributed by atoms with Gasteiger partial charge < -0.3 is 15.5 Å². The predicted molar refractivity (Wildman–Crippen MR) is 104 cm³/mol. The van der Waals surface area contributed by atoms with Crippen LogP contribution >= 0.6 is 11.8 Å². The normalized spacial score (nSPS) is 13.6. The zero-order valence-corrected chi connectivity index (χ0v) is 15.1. The zero-order valence-electron chi connectivity index (χ0n) is 14.3. The second kappa shape index (κ2) is 8.05. The Morgan fingerprint density at radius 3 is 2.31 bits per heavy atom. The lowest BCUT2D eigenvalue weighted by Crippen LogP contribution is -2.29. The van der Waals surface area contributed by atoms with Crippen LogP contribution in [0, 0.1) is 0 Å². The van der Waals surface area contributed by atoms with Gasteiger partial charge in [-0.3, -0.25) is 14.4 Å². The average molecular weight is 369 g/mol. The maximum Gasteiger partial charge on any atom is 0.314 e. The molecule has 1 aliphatic rings. The van der Waals surface area contributed by atoms with E-state index in [1.54, 1.807) is 53.1 Å². The minimum Gasteiger partial charge on any atom is -0.318 e. The van der Waals surface area contributed by atoms with E-state index in [0.29, 0.717) is 24.3 Å². The molecule has 0 radical (unpaired) electrons. The highest BCUT2D eigenvalue weighted by atomic mass is 32.2. The van der Waals surface area contributed by atoms with E-state index in [0.717, 1.165) is 17.0 Å². The molecule has 0 unspecified atom stereocenters. The monoisotopic (exact) mass is 369 g/mol. The summed E-state index contributed by atoms with van der Waals surface area (Å²) in [5, 5.41) is 5.14. The molecule has 134 valence electrons. The van der Waals surface area contributed by atoms with E-state index in [4.69, 9.17) is 0 Å². The molecule has 7 heteroatoms. The van der Waals surface area contributed by atoms with Crippen LogP contribution in [0.2, 0.25) is 0 Å². The fourth-order valence-corrected chi connectivity index (χ4v) is 3.18. The molecule has 2 aromatic rings. The summed E-state index contributed by atoms with van der Waals surface area (Å²) in [5.74, 6) is -1.37.